The molecular formula is C12H16I2. The standard InChI is InChI=1S/C12H16.I2/c1-5-6-12-7-9(2)11(4)10(3)8-12;1-2/h5-8H,1-4H3;/b6-5+;. The fraction of sp³-hybridized carbons (Fsp3) is 0.333. The van der Waals surface area contributed by atoms with Crippen molar-refractivity contribution < 1.29 is 0 Å². The minimum Gasteiger partial charge on any atom is -0.0871 e. The molecule has 1 aromatic carbocycles. The summed E-state index contributed by atoms with van der Waals surface area (Å²) in [5.41, 5.74) is 5.47. The molecule has 0 saturated carbocycles. The summed E-state index contributed by atoms with van der Waals surface area (Å²) in [6, 6.07) is 4.45. The van der Waals surface area contributed by atoms with Gasteiger partial charge in [0.2, 0.25) is 0 Å². The van der Waals surface area contributed by atoms with E-state index < -0.39 is 0 Å². The van der Waals surface area contributed by atoms with Crippen molar-refractivity contribution >= 4 is 43.3 Å². The number of halogens is 2. The fourth-order valence-electron chi connectivity index (χ4n) is 1.36. The van der Waals surface area contributed by atoms with E-state index in [-0.39, 0.29) is 0 Å². The third-order valence-corrected chi connectivity index (χ3v) is 2.31. The van der Waals surface area contributed by atoms with Crippen molar-refractivity contribution in [2.75, 3.05) is 0 Å². The van der Waals surface area contributed by atoms with Gasteiger partial charge >= 0.3 is 0 Å². The molecule has 0 unspecified atom stereocenters. The first-order valence-corrected chi connectivity index (χ1v) is 10.8. The fourth-order valence-corrected chi connectivity index (χ4v) is 1.36. The second-order valence-electron chi connectivity index (χ2n) is 3.28. The molecule has 0 amide bonds. The van der Waals surface area contributed by atoms with Crippen molar-refractivity contribution in [3.8, 4) is 0 Å². The highest BCUT2D eigenvalue weighted by atomic mass is 128. The molecule has 0 spiro atoms. The van der Waals surface area contributed by atoms with E-state index in [0.717, 1.165) is 0 Å². The van der Waals surface area contributed by atoms with Crippen molar-refractivity contribution in [2.24, 2.45) is 0 Å². The molecule has 0 saturated heterocycles. The first-order valence-electron chi connectivity index (χ1n) is 4.50. The van der Waals surface area contributed by atoms with Crippen molar-refractivity contribution in [1.82, 2.24) is 0 Å². The summed E-state index contributed by atoms with van der Waals surface area (Å²) in [4.78, 5) is 0. The lowest BCUT2D eigenvalue weighted by molar-refractivity contribution is 1.26. The van der Waals surface area contributed by atoms with Crippen molar-refractivity contribution in [3.63, 3.8) is 0 Å². The lowest BCUT2D eigenvalue weighted by atomic mass is 10.0. The number of benzene rings is 1. The predicted octanol–water partition coefficient (Wildman–Crippen LogP) is 5.42. The third kappa shape index (κ3) is 4.29. The number of allylic oxidation sites excluding steroid dienone is 1. The maximum Gasteiger partial charge on any atom is 0 e. The summed E-state index contributed by atoms with van der Waals surface area (Å²) in [6.07, 6.45) is 4.21. The Hall–Kier alpha value is 0.420. The van der Waals surface area contributed by atoms with E-state index in [1.54, 1.807) is 0 Å². The molecule has 1 rings (SSSR count). The van der Waals surface area contributed by atoms with Crippen LogP contribution >= 0.6 is 37.2 Å². The molecule has 0 nitrogen and oxygen atoms in total. The second-order valence-corrected chi connectivity index (χ2v) is 3.28. The van der Waals surface area contributed by atoms with Crippen molar-refractivity contribution in [3.05, 3.63) is 40.5 Å². The van der Waals surface area contributed by atoms with E-state index in [1.807, 2.05) is 6.92 Å². The van der Waals surface area contributed by atoms with Crippen LogP contribution < -0.4 is 0 Å². The summed E-state index contributed by atoms with van der Waals surface area (Å²) in [5.74, 6) is 0. The number of aryl methyl sites for hydroxylation is 2. The van der Waals surface area contributed by atoms with Crippen LogP contribution in [-0.2, 0) is 0 Å². The van der Waals surface area contributed by atoms with E-state index in [4.69, 9.17) is 0 Å². The van der Waals surface area contributed by atoms with Gasteiger partial charge in [0, 0.05) is 37.2 Å². The van der Waals surface area contributed by atoms with Crippen LogP contribution in [0.2, 0.25) is 0 Å². The van der Waals surface area contributed by atoms with Gasteiger partial charge < -0.3 is 0 Å². The lowest BCUT2D eigenvalue weighted by Crippen LogP contribution is -1.87. The Balaban J connectivity index is 0.000000791. The zero-order chi connectivity index (χ0) is 11.1. The molecular weight excluding hydrogens is 398 g/mol. The topological polar surface area (TPSA) is 0 Å². The molecule has 0 aromatic heterocycles. The van der Waals surface area contributed by atoms with Crippen LogP contribution in [0.1, 0.15) is 29.2 Å². The van der Waals surface area contributed by atoms with Gasteiger partial charge in [0.25, 0.3) is 0 Å². The van der Waals surface area contributed by atoms with Gasteiger partial charge in [0.05, 0.1) is 0 Å². The molecule has 0 N–H and O–H groups in total. The molecule has 0 aliphatic carbocycles. The minimum absolute atomic E-state index is 1.30. The van der Waals surface area contributed by atoms with Crippen molar-refractivity contribution in [2.45, 2.75) is 27.7 Å². The second kappa shape index (κ2) is 7.68. The monoisotopic (exact) mass is 414 g/mol. The minimum atomic E-state index is 1.30. The van der Waals surface area contributed by atoms with Crippen LogP contribution in [0.25, 0.3) is 6.08 Å². The quantitative estimate of drug-likeness (QED) is 0.539. The van der Waals surface area contributed by atoms with E-state index in [0.29, 0.717) is 0 Å². The van der Waals surface area contributed by atoms with E-state index in [2.05, 4.69) is 82.3 Å². The molecule has 0 bridgehead atoms. The van der Waals surface area contributed by atoms with Gasteiger partial charge in [-0.3, -0.25) is 0 Å². The zero-order valence-electron chi connectivity index (χ0n) is 9.07. The van der Waals surface area contributed by atoms with Crippen LogP contribution in [0, 0.1) is 20.8 Å². The largest absolute Gasteiger partial charge is 0.0871 e. The van der Waals surface area contributed by atoms with Crippen LogP contribution in [0.15, 0.2) is 18.2 Å². The maximum atomic E-state index is 2.22. The molecule has 14 heavy (non-hydrogen) atoms. The molecule has 78 valence electrons. The Kier molecular flexibility index (Phi) is 7.91. The summed E-state index contributed by atoms with van der Waals surface area (Å²) in [7, 11) is 0. The Morgan fingerprint density at radius 1 is 1.00 bits per heavy atom. The Bertz CT molecular complexity index is 291. The van der Waals surface area contributed by atoms with Gasteiger partial charge in [0.1, 0.15) is 0 Å². The van der Waals surface area contributed by atoms with Gasteiger partial charge in [-0.2, -0.15) is 0 Å². The van der Waals surface area contributed by atoms with Gasteiger partial charge in [0.15, 0.2) is 0 Å². The van der Waals surface area contributed by atoms with Crippen LogP contribution in [-0.4, -0.2) is 0 Å². The highest BCUT2D eigenvalue weighted by molar-refractivity contribution is 15.0. The smallest absolute Gasteiger partial charge is 0 e. The summed E-state index contributed by atoms with van der Waals surface area (Å²) in [5, 5.41) is 0. The normalized spacial score (nSPS) is 9.86. The van der Waals surface area contributed by atoms with E-state index in [1.165, 1.54) is 22.3 Å². The molecule has 0 aliphatic heterocycles. The van der Waals surface area contributed by atoms with Crippen LogP contribution in [0.5, 0.6) is 0 Å². The molecule has 0 atom stereocenters. The Morgan fingerprint density at radius 2 is 1.43 bits per heavy atom. The Morgan fingerprint density at radius 3 is 1.79 bits per heavy atom. The van der Waals surface area contributed by atoms with Gasteiger partial charge in [-0.05, 0) is 49.9 Å². The summed E-state index contributed by atoms with van der Waals surface area (Å²) < 4.78 is 0. The highest BCUT2D eigenvalue weighted by Crippen LogP contribution is 2.16. The van der Waals surface area contributed by atoms with Gasteiger partial charge in [-0.15, -0.1) is 0 Å². The molecule has 2 heteroatoms. The van der Waals surface area contributed by atoms with Gasteiger partial charge in [-0.1, -0.05) is 24.3 Å². The zero-order valence-corrected chi connectivity index (χ0v) is 13.4. The maximum absolute atomic E-state index is 2.22. The van der Waals surface area contributed by atoms with Crippen LogP contribution in [0.4, 0.5) is 0 Å². The average Bonchev–Trinajstić information content (AvgIpc) is 2.18. The van der Waals surface area contributed by atoms with E-state index in [9.17, 15) is 0 Å². The Labute approximate surface area is 110 Å². The summed E-state index contributed by atoms with van der Waals surface area (Å²) >= 11 is 4.24. The molecule has 0 aliphatic rings. The van der Waals surface area contributed by atoms with Crippen molar-refractivity contribution in [1.29, 1.82) is 0 Å². The third-order valence-electron chi connectivity index (χ3n) is 2.31. The highest BCUT2D eigenvalue weighted by Gasteiger charge is 1.97. The molecule has 0 radical (unpaired) electrons. The van der Waals surface area contributed by atoms with Gasteiger partial charge in [-0.25, -0.2) is 0 Å². The molecule has 1 aromatic rings. The SMILES string of the molecule is C/C=C/c1cc(C)c(C)c(C)c1.II. The number of hydrogen-bond donors (Lipinski definition) is 0. The number of hydrogen-bond acceptors (Lipinski definition) is 0. The first-order chi connectivity index (χ1) is 6.65. The molecule has 0 heterocycles. The first kappa shape index (κ1) is 14.4. The molecule has 0 fully saturated rings. The summed E-state index contributed by atoms with van der Waals surface area (Å²) in [6.45, 7) is 8.54. The average molecular weight is 414 g/mol. The predicted molar refractivity (Wildman–Crippen MR) is 83.4 cm³/mol. The lowest BCUT2D eigenvalue weighted by Gasteiger charge is -2.05. The van der Waals surface area contributed by atoms with E-state index >= 15 is 0 Å². The van der Waals surface area contributed by atoms with Crippen LogP contribution in [0.3, 0.4) is 0 Å². The number of rotatable bonds is 1.